The number of halogens is 1. The van der Waals surface area contributed by atoms with E-state index in [1.54, 1.807) is 30.5 Å². The van der Waals surface area contributed by atoms with Crippen LogP contribution < -0.4 is 4.74 Å². The van der Waals surface area contributed by atoms with E-state index in [1.165, 1.54) is 23.2 Å². The van der Waals surface area contributed by atoms with Crippen LogP contribution in [0, 0.1) is 12.7 Å². The number of aliphatic carboxylic acids is 2. The smallest absolute Gasteiger partial charge is 0.332 e. The number of rotatable bonds is 10. The molecule has 2 heterocycles. The molecule has 0 unspecified atom stereocenters. The van der Waals surface area contributed by atoms with E-state index in [4.69, 9.17) is 4.74 Å². The minimum Gasteiger partial charge on any atom is -0.492 e. The van der Waals surface area contributed by atoms with Crippen molar-refractivity contribution in [2.75, 3.05) is 13.2 Å². The van der Waals surface area contributed by atoms with E-state index in [-0.39, 0.29) is 19.7 Å². The van der Waals surface area contributed by atoms with Gasteiger partial charge in [0, 0.05) is 47.6 Å². The van der Waals surface area contributed by atoms with Crippen molar-refractivity contribution in [3.8, 4) is 16.9 Å². The number of aromatic amines is 1. The maximum Gasteiger partial charge on any atom is 0.332 e. The molecule has 0 aliphatic carbocycles. The van der Waals surface area contributed by atoms with E-state index in [0.717, 1.165) is 16.6 Å². The molecular formula is C26H24FN3O5. The molecule has 8 nitrogen and oxygen atoms in total. The highest BCUT2D eigenvalue weighted by molar-refractivity contribution is 5.97. The third-order valence-corrected chi connectivity index (χ3v) is 5.57. The number of nitrogens with zero attached hydrogens (tertiary/aromatic N) is 2. The van der Waals surface area contributed by atoms with E-state index >= 15 is 0 Å². The molecule has 0 amide bonds. The molecule has 0 saturated carbocycles. The van der Waals surface area contributed by atoms with Crippen molar-refractivity contribution in [1.29, 1.82) is 0 Å². The lowest BCUT2D eigenvalue weighted by molar-refractivity contribution is -0.157. The quantitative estimate of drug-likeness (QED) is 0.295. The van der Waals surface area contributed by atoms with Crippen LogP contribution >= 0.6 is 0 Å². The summed E-state index contributed by atoms with van der Waals surface area (Å²) in [6.45, 7) is 2.03. The van der Waals surface area contributed by atoms with Crippen LogP contribution in [-0.2, 0) is 16.1 Å². The van der Waals surface area contributed by atoms with Crippen molar-refractivity contribution < 1.29 is 28.9 Å². The molecule has 35 heavy (non-hydrogen) atoms. The first-order valence-corrected chi connectivity index (χ1v) is 10.9. The van der Waals surface area contributed by atoms with E-state index in [2.05, 4.69) is 9.97 Å². The summed E-state index contributed by atoms with van der Waals surface area (Å²) in [4.78, 5) is 32.3. The molecule has 0 fully saturated rings. The standard InChI is InChI=1S/C26H24FN3O5/c1-16-10-21-22(29-16)6-3-7-23(21)35-9-8-30(24(25(31)32)26(33)34)15-17-11-19(14-28-13-17)18-4-2-5-20(27)12-18/h2-7,10-14,24,29H,8-9,15H2,1H3,(H,31,32)(H,33,34). The third-order valence-electron chi connectivity index (χ3n) is 5.57. The highest BCUT2D eigenvalue weighted by Gasteiger charge is 2.33. The van der Waals surface area contributed by atoms with Gasteiger partial charge >= 0.3 is 11.9 Å². The Bertz CT molecular complexity index is 1360. The second-order valence-electron chi connectivity index (χ2n) is 8.16. The average molecular weight is 477 g/mol. The number of ether oxygens (including phenoxy) is 1. The minimum absolute atomic E-state index is 0.00372. The summed E-state index contributed by atoms with van der Waals surface area (Å²) < 4.78 is 19.6. The number of benzene rings is 2. The molecule has 0 radical (unpaired) electrons. The lowest BCUT2D eigenvalue weighted by Crippen LogP contribution is -2.48. The van der Waals surface area contributed by atoms with Crippen LogP contribution in [0.4, 0.5) is 4.39 Å². The largest absolute Gasteiger partial charge is 0.492 e. The number of fused-ring (bicyclic) bond motifs is 1. The Labute approximate surface area is 200 Å². The maximum atomic E-state index is 13.7. The molecule has 2 aromatic carbocycles. The Morgan fingerprint density at radius 3 is 2.57 bits per heavy atom. The zero-order valence-electron chi connectivity index (χ0n) is 18.9. The van der Waals surface area contributed by atoms with Gasteiger partial charge in [-0.25, -0.2) is 14.0 Å². The monoisotopic (exact) mass is 477 g/mol. The highest BCUT2D eigenvalue weighted by Crippen LogP contribution is 2.26. The van der Waals surface area contributed by atoms with Gasteiger partial charge in [0.25, 0.3) is 0 Å². The minimum atomic E-state index is -1.78. The summed E-state index contributed by atoms with van der Waals surface area (Å²) in [6, 6.07) is 13.5. The van der Waals surface area contributed by atoms with Gasteiger partial charge < -0.3 is 19.9 Å². The van der Waals surface area contributed by atoms with Crippen LogP contribution in [0.1, 0.15) is 11.3 Å². The number of hydrogen-bond acceptors (Lipinski definition) is 5. The highest BCUT2D eigenvalue weighted by atomic mass is 19.1. The first-order valence-electron chi connectivity index (χ1n) is 10.9. The third kappa shape index (κ3) is 5.64. The molecule has 9 heteroatoms. The van der Waals surface area contributed by atoms with Crippen LogP contribution in [0.2, 0.25) is 0 Å². The molecule has 3 N–H and O–H groups in total. The fourth-order valence-corrected chi connectivity index (χ4v) is 4.02. The normalized spacial score (nSPS) is 11.3. The Hall–Kier alpha value is -4.24. The Kier molecular flexibility index (Phi) is 7.07. The van der Waals surface area contributed by atoms with Gasteiger partial charge in [-0.05, 0) is 54.4 Å². The van der Waals surface area contributed by atoms with Crippen molar-refractivity contribution in [2.45, 2.75) is 19.5 Å². The summed E-state index contributed by atoms with van der Waals surface area (Å²) in [5.74, 6) is -2.73. The SMILES string of the molecule is Cc1cc2c(OCCN(Cc3cncc(-c4cccc(F)c4)c3)C(C(=O)O)C(=O)O)cccc2[nH]1. The van der Waals surface area contributed by atoms with Crippen LogP contribution in [0.3, 0.4) is 0 Å². The number of H-pyrrole nitrogens is 1. The number of carbonyl (C=O) groups is 2. The molecular weight excluding hydrogens is 453 g/mol. The first kappa shape index (κ1) is 23.9. The van der Waals surface area contributed by atoms with Crippen molar-refractivity contribution in [3.63, 3.8) is 0 Å². The van der Waals surface area contributed by atoms with Gasteiger partial charge in [-0.15, -0.1) is 0 Å². The van der Waals surface area contributed by atoms with Gasteiger partial charge in [-0.3, -0.25) is 9.88 Å². The van der Waals surface area contributed by atoms with Gasteiger partial charge in [0.1, 0.15) is 18.2 Å². The van der Waals surface area contributed by atoms with Gasteiger partial charge in [0.05, 0.1) is 0 Å². The Balaban J connectivity index is 1.55. The lowest BCUT2D eigenvalue weighted by atomic mass is 10.1. The van der Waals surface area contributed by atoms with E-state index in [0.29, 0.717) is 22.4 Å². The van der Waals surface area contributed by atoms with Gasteiger partial charge in [0.15, 0.2) is 0 Å². The summed E-state index contributed by atoms with van der Waals surface area (Å²) in [5, 5.41) is 20.1. The number of pyridine rings is 1. The van der Waals surface area contributed by atoms with E-state index in [9.17, 15) is 24.2 Å². The fraction of sp³-hybridized carbons (Fsp3) is 0.192. The van der Waals surface area contributed by atoms with Crippen LogP contribution in [0.5, 0.6) is 5.75 Å². The summed E-state index contributed by atoms with van der Waals surface area (Å²) in [7, 11) is 0. The number of nitrogens with one attached hydrogen (secondary N) is 1. The number of aryl methyl sites for hydroxylation is 1. The lowest BCUT2D eigenvalue weighted by Gasteiger charge is -2.26. The molecule has 0 aliphatic heterocycles. The van der Waals surface area contributed by atoms with E-state index < -0.39 is 23.8 Å². The zero-order chi connectivity index (χ0) is 24.9. The average Bonchev–Trinajstić information content (AvgIpc) is 3.20. The molecule has 180 valence electrons. The molecule has 0 aliphatic rings. The van der Waals surface area contributed by atoms with Gasteiger partial charge in [-0.1, -0.05) is 18.2 Å². The Morgan fingerprint density at radius 2 is 1.83 bits per heavy atom. The maximum absolute atomic E-state index is 13.7. The van der Waals surface area contributed by atoms with Crippen molar-refractivity contribution in [1.82, 2.24) is 14.9 Å². The molecule has 4 rings (SSSR count). The van der Waals surface area contributed by atoms with Crippen molar-refractivity contribution >= 4 is 22.8 Å². The van der Waals surface area contributed by atoms with Crippen LogP contribution in [0.15, 0.2) is 67.0 Å². The topological polar surface area (TPSA) is 116 Å². The number of carboxylic acids is 2. The molecule has 0 bridgehead atoms. The van der Waals surface area contributed by atoms with Crippen LogP contribution in [-0.4, -0.2) is 56.2 Å². The Morgan fingerprint density at radius 1 is 1.06 bits per heavy atom. The molecule has 0 saturated heterocycles. The first-order chi connectivity index (χ1) is 16.8. The molecule has 0 atom stereocenters. The van der Waals surface area contributed by atoms with Crippen molar-refractivity contribution in [2.24, 2.45) is 0 Å². The predicted octanol–water partition coefficient (Wildman–Crippen LogP) is 4.10. The van der Waals surface area contributed by atoms with Gasteiger partial charge in [-0.2, -0.15) is 0 Å². The molecule has 2 aromatic heterocycles. The fourth-order valence-electron chi connectivity index (χ4n) is 4.02. The molecule has 0 spiro atoms. The van der Waals surface area contributed by atoms with Gasteiger partial charge in [0.2, 0.25) is 6.04 Å². The molecule has 4 aromatic rings. The zero-order valence-corrected chi connectivity index (χ0v) is 18.9. The van der Waals surface area contributed by atoms with E-state index in [1.807, 2.05) is 25.1 Å². The number of hydrogen-bond donors (Lipinski definition) is 3. The van der Waals surface area contributed by atoms with Crippen molar-refractivity contribution in [3.05, 3.63) is 84.1 Å². The summed E-state index contributed by atoms with van der Waals surface area (Å²) in [5.41, 5.74) is 3.71. The number of aromatic nitrogens is 2. The summed E-state index contributed by atoms with van der Waals surface area (Å²) in [6.07, 6.45) is 3.10. The van der Waals surface area contributed by atoms with Crippen LogP contribution in [0.25, 0.3) is 22.0 Å². The number of carboxylic acid groups (broad SMARTS) is 2. The second kappa shape index (κ2) is 10.4. The second-order valence-corrected chi connectivity index (χ2v) is 8.16. The predicted molar refractivity (Wildman–Crippen MR) is 128 cm³/mol. The summed E-state index contributed by atoms with van der Waals surface area (Å²) >= 11 is 0.